The minimum atomic E-state index is -4.04. The summed E-state index contributed by atoms with van der Waals surface area (Å²) in [5, 5.41) is 11.6. The highest BCUT2D eigenvalue weighted by atomic mass is 32.2. The number of Topliss-reactive ketones (excluding diaryl/α,β-unsaturated/α-hetero) is 1. The Kier molecular flexibility index (Phi) is 6.36. The topological polar surface area (TPSA) is 107 Å². The summed E-state index contributed by atoms with van der Waals surface area (Å²) in [5.41, 5.74) is 0.341. The summed E-state index contributed by atoms with van der Waals surface area (Å²) in [6, 6.07) is 18.2. The van der Waals surface area contributed by atoms with E-state index in [1.165, 1.54) is 29.4 Å². The second-order valence-corrected chi connectivity index (χ2v) is 8.44. The van der Waals surface area contributed by atoms with Gasteiger partial charge in [0, 0.05) is 18.2 Å². The maximum Gasteiger partial charge on any atom is 0.312 e. The van der Waals surface area contributed by atoms with E-state index in [0.717, 1.165) is 6.07 Å². The first-order valence-electron chi connectivity index (χ1n) is 9.39. The molecule has 0 bridgehead atoms. The predicted molar refractivity (Wildman–Crippen MR) is 116 cm³/mol. The zero-order chi connectivity index (χ0) is 22.6. The summed E-state index contributed by atoms with van der Waals surface area (Å²) >= 11 is 0. The number of nitrogens with zero attached hydrogens (tertiary/aromatic N) is 2. The van der Waals surface area contributed by atoms with Crippen LogP contribution in [0.1, 0.15) is 24.2 Å². The lowest BCUT2D eigenvalue weighted by Crippen LogP contribution is -2.30. The minimum Gasteiger partial charge on any atom is -0.450 e. The summed E-state index contributed by atoms with van der Waals surface area (Å²) in [5.74, 6) is -0.0831. The van der Waals surface area contributed by atoms with Gasteiger partial charge in [-0.2, -0.15) is 0 Å². The molecule has 0 aliphatic rings. The second-order valence-electron chi connectivity index (χ2n) is 6.58. The highest BCUT2D eigenvalue weighted by Crippen LogP contribution is 2.35. The largest absolute Gasteiger partial charge is 0.450 e. The van der Waals surface area contributed by atoms with Gasteiger partial charge in [-0.05, 0) is 50.2 Å². The number of carbonyl (C=O) groups is 1. The lowest BCUT2D eigenvalue weighted by molar-refractivity contribution is -0.385. The second kappa shape index (κ2) is 8.97. The fraction of sp³-hybridized carbons (Fsp3) is 0.136. The van der Waals surface area contributed by atoms with Crippen molar-refractivity contribution in [1.29, 1.82) is 0 Å². The van der Waals surface area contributed by atoms with Crippen LogP contribution in [0, 0.1) is 10.1 Å². The first kappa shape index (κ1) is 22.0. The van der Waals surface area contributed by atoms with Gasteiger partial charge in [0.05, 0.1) is 15.5 Å². The Hall–Kier alpha value is -3.72. The Labute approximate surface area is 179 Å². The smallest absolute Gasteiger partial charge is 0.312 e. The summed E-state index contributed by atoms with van der Waals surface area (Å²) in [6.45, 7) is 3.22. The van der Waals surface area contributed by atoms with E-state index >= 15 is 0 Å². The van der Waals surface area contributed by atoms with Crippen molar-refractivity contribution in [2.75, 3.05) is 10.8 Å². The molecule has 0 amide bonds. The predicted octanol–water partition coefficient (Wildman–Crippen LogP) is 4.80. The van der Waals surface area contributed by atoms with E-state index in [1.54, 1.807) is 55.5 Å². The van der Waals surface area contributed by atoms with Crippen LogP contribution in [0.4, 0.5) is 11.4 Å². The van der Waals surface area contributed by atoms with E-state index in [-0.39, 0.29) is 28.7 Å². The zero-order valence-electron chi connectivity index (χ0n) is 16.9. The molecule has 0 N–H and O–H groups in total. The van der Waals surface area contributed by atoms with E-state index in [4.69, 9.17) is 4.74 Å². The lowest BCUT2D eigenvalue weighted by atomic mass is 10.1. The third kappa shape index (κ3) is 4.72. The van der Waals surface area contributed by atoms with Crippen LogP contribution in [-0.2, 0) is 10.0 Å². The van der Waals surface area contributed by atoms with Crippen LogP contribution in [0.5, 0.6) is 11.5 Å². The van der Waals surface area contributed by atoms with Gasteiger partial charge in [-0.25, -0.2) is 8.42 Å². The van der Waals surface area contributed by atoms with Crippen LogP contribution >= 0.6 is 0 Å². The molecule has 0 unspecified atom stereocenters. The van der Waals surface area contributed by atoms with Crippen LogP contribution < -0.4 is 9.04 Å². The number of hydrogen-bond donors (Lipinski definition) is 0. The molecule has 0 fully saturated rings. The number of ketones is 1. The third-order valence-corrected chi connectivity index (χ3v) is 6.41. The van der Waals surface area contributed by atoms with E-state index in [0.29, 0.717) is 11.3 Å². The van der Waals surface area contributed by atoms with Crippen molar-refractivity contribution in [3.8, 4) is 11.5 Å². The fourth-order valence-electron chi connectivity index (χ4n) is 3.00. The first-order valence-corrected chi connectivity index (χ1v) is 10.8. The van der Waals surface area contributed by atoms with Gasteiger partial charge in [0.2, 0.25) is 5.75 Å². The van der Waals surface area contributed by atoms with E-state index in [1.807, 2.05) is 0 Å². The standard InChI is InChI=1S/C22H20N2O6S/c1-3-23(18-9-5-4-6-10-18)31(28,29)20-12-13-22(21(15-20)24(26)27)30-19-11-7-8-17(14-19)16(2)25/h4-15H,3H2,1-2H3. The molecule has 3 rings (SSSR count). The summed E-state index contributed by atoms with van der Waals surface area (Å²) in [6.07, 6.45) is 0. The zero-order valence-corrected chi connectivity index (χ0v) is 17.7. The molecule has 9 heteroatoms. The van der Waals surface area contributed by atoms with Crippen molar-refractivity contribution < 1.29 is 22.9 Å². The molecule has 0 atom stereocenters. The van der Waals surface area contributed by atoms with E-state index < -0.39 is 20.6 Å². The number of benzene rings is 3. The number of rotatable bonds is 8. The van der Waals surface area contributed by atoms with Crippen molar-refractivity contribution >= 4 is 27.2 Å². The van der Waals surface area contributed by atoms with Gasteiger partial charge in [0.1, 0.15) is 5.75 Å². The number of nitro benzene ring substituents is 1. The van der Waals surface area contributed by atoms with E-state index in [9.17, 15) is 23.3 Å². The summed E-state index contributed by atoms with van der Waals surface area (Å²) in [7, 11) is -4.04. The lowest BCUT2D eigenvalue weighted by Gasteiger charge is -2.23. The highest BCUT2D eigenvalue weighted by Gasteiger charge is 2.27. The maximum atomic E-state index is 13.2. The molecule has 0 spiro atoms. The van der Waals surface area contributed by atoms with E-state index in [2.05, 4.69) is 0 Å². The van der Waals surface area contributed by atoms with Crippen LogP contribution in [0.15, 0.2) is 77.7 Å². The molecule has 0 aliphatic heterocycles. The number of nitro groups is 1. The number of anilines is 1. The molecule has 0 aliphatic carbocycles. The van der Waals surface area contributed by atoms with Gasteiger partial charge in [0.25, 0.3) is 10.0 Å². The minimum absolute atomic E-state index is 0.132. The number of carbonyl (C=O) groups excluding carboxylic acids is 1. The molecular formula is C22H20N2O6S. The molecule has 0 aromatic heterocycles. The van der Waals surface area contributed by atoms with Crippen LogP contribution in [0.3, 0.4) is 0 Å². The average Bonchev–Trinajstić information content (AvgIpc) is 2.75. The van der Waals surface area contributed by atoms with Gasteiger partial charge in [-0.3, -0.25) is 19.2 Å². The van der Waals surface area contributed by atoms with Crippen LogP contribution in [0.2, 0.25) is 0 Å². The number of sulfonamides is 1. The van der Waals surface area contributed by atoms with Crippen molar-refractivity contribution in [3.05, 3.63) is 88.5 Å². The van der Waals surface area contributed by atoms with Crippen molar-refractivity contribution in [3.63, 3.8) is 0 Å². The summed E-state index contributed by atoms with van der Waals surface area (Å²) in [4.78, 5) is 22.3. The normalized spacial score (nSPS) is 11.0. The average molecular weight is 440 g/mol. The quantitative estimate of drug-likeness (QED) is 0.283. The Morgan fingerprint density at radius 3 is 2.35 bits per heavy atom. The van der Waals surface area contributed by atoms with Crippen LogP contribution in [0.25, 0.3) is 0 Å². The Morgan fingerprint density at radius 2 is 1.74 bits per heavy atom. The van der Waals surface area contributed by atoms with Gasteiger partial charge >= 0.3 is 5.69 Å². The fourth-order valence-corrected chi connectivity index (χ4v) is 4.50. The Balaban J connectivity index is 2.01. The van der Waals surface area contributed by atoms with Crippen LogP contribution in [-0.4, -0.2) is 25.7 Å². The molecule has 0 radical (unpaired) electrons. The molecular weight excluding hydrogens is 420 g/mol. The molecule has 0 saturated heterocycles. The summed E-state index contributed by atoms with van der Waals surface area (Å²) < 4.78 is 33.1. The molecule has 0 saturated carbocycles. The molecule has 8 nitrogen and oxygen atoms in total. The van der Waals surface area contributed by atoms with Crippen molar-refractivity contribution in [2.45, 2.75) is 18.7 Å². The Bertz CT molecular complexity index is 1230. The monoisotopic (exact) mass is 440 g/mol. The number of para-hydroxylation sites is 1. The Morgan fingerprint density at radius 1 is 1.03 bits per heavy atom. The number of hydrogen-bond acceptors (Lipinski definition) is 6. The highest BCUT2D eigenvalue weighted by molar-refractivity contribution is 7.92. The first-order chi connectivity index (χ1) is 14.7. The SMILES string of the molecule is CCN(c1ccccc1)S(=O)(=O)c1ccc(Oc2cccc(C(C)=O)c2)c([N+](=O)[O-])c1. The molecule has 3 aromatic carbocycles. The third-order valence-electron chi connectivity index (χ3n) is 4.51. The molecule has 31 heavy (non-hydrogen) atoms. The van der Waals surface area contributed by atoms with Gasteiger partial charge in [0.15, 0.2) is 5.78 Å². The van der Waals surface area contributed by atoms with Gasteiger partial charge < -0.3 is 4.74 Å². The van der Waals surface area contributed by atoms with Crippen molar-refractivity contribution in [1.82, 2.24) is 0 Å². The molecule has 3 aromatic rings. The molecule has 0 heterocycles. The maximum absolute atomic E-state index is 13.2. The molecule has 160 valence electrons. The number of ether oxygens (including phenoxy) is 1. The van der Waals surface area contributed by atoms with Crippen molar-refractivity contribution in [2.24, 2.45) is 0 Å². The van der Waals surface area contributed by atoms with Gasteiger partial charge in [-0.1, -0.05) is 30.3 Å². The van der Waals surface area contributed by atoms with Gasteiger partial charge in [-0.15, -0.1) is 0 Å².